The molecule has 0 aliphatic carbocycles. The molecule has 9 nitrogen and oxygen atoms in total. The molecule has 2 bridgehead atoms. The summed E-state index contributed by atoms with van der Waals surface area (Å²) < 4.78 is 11.9. The SMILES string of the molecule is CCCCCNC(=O)C1N(CCCCCO)C(=O)[C@@H]2[C@H](C(=O)Nc3ccc(OCC)cc3)[C@@H]3CCC12O3. The van der Waals surface area contributed by atoms with Gasteiger partial charge in [0, 0.05) is 25.4 Å². The number of hydrogen-bond acceptors (Lipinski definition) is 6. The van der Waals surface area contributed by atoms with Crippen molar-refractivity contribution in [3.63, 3.8) is 0 Å². The molecule has 3 aliphatic rings. The molecule has 1 spiro atoms. The summed E-state index contributed by atoms with van der Waals surface area (Å²) in [5.41, 5.74) is -0.351. The number of unbranched alkanes of at least 4 members (excludes halogenated alkanes) is 4. The van der Waals surface area contributed by atoms with E-state index in [0.29, 0.717) is 51.1 Å². The molecule has 1 aromatic carbocycles. The Morgan fingerprint density at radius 2 is 1.89 bits per heavy atom. The van der Waals surface area contributed by atoms with Gasteiger partial charge in [-0.2, -0.15) is 0 Å². The minimum Gasteiger partial charge on any atom is -0.494 e. The summed E-state index contributed by atoms with van der Waals surface area (Å²) in [6.07, 6.45) is 5.89. The van der Waals surface area contributed by atoms with Gasteiger partial charge in [0.05, 0.1) is 24.5 Å². The summed E-state index contributed by atoms with van der Waals surface area (Å²) in [7, 11) is 0. The fourth-order valence-electron chi connectivity index (χ4n) is 6.28. The van der Waals surface area contributed by atoms with Gasteiger partial charge in [0.25, 0.3) is 0 Å². The van der Waals surface area contributed by atoms with E-state index in [0.717, 1.165) is 31.4 Å². The topological polar surface area (TPSA) is 117 Å². The van der Waals surface area contributed by atoms with E-state index in [2.05, 4.69) is 17.6 Å². The van der Waals surface area contributed by atoms with Crippen LogP contribution in [0.5, 0.6) is 5.75 Å². The van der Waals surface area contributed by atoms with Gasteiger partial charge in [0.2, 0.25) is 17.7 Å². The average Bonchev–Trinajstić information content (AvgIpc) is 3.53. The number of likely N-dealkylation sites (tertiary alicyclic amines) is 1. The highest BCUT2D eigenvalue weighted by Gasteiger charge is 2.74. The van der Waals surface area contributed by atoms with Crippen LogP contribution in [0.15, 0.2) is 24.3 Å². The molecule has 3 N–H and O–H groups in total. The number of carbonyl (C=O) groups is 3. The molecule has 3 saturated heterocycles. The van der Waals surface area contributed by atoms with E-state index in [4.69, 9.17) is 14.6 Å². The maximum atomic E-state index is 13.8. The lowest BCUT2D eigenvalue weighted by atomic mass is 9.70. The van der Waals surface area contributed by atoms with Gasteiger partial charge in [-0.05, 0) is 69.7 Å². The van der Waals surface area contributed by atoms with Crippen LogP contribution in [0, 0.1) is 11.8 Å². The van der Waals surface area contributed by atoms with Crippen molar-refractivity contribution in [1.29, 1.82) is 0 Å². The van der Waals surface area contributed by atoms with Gasteiger partial charge in [0.1, 0.15) is 17.4 Å². The highest BCUT2D eigenvalue weighted by molar-refractivity contribution is 6.02. The van der Waals surface area contributed by atoms with Gasteiger partial charge < -0.3 is 30.1 Å². The third kappa shape index (κ3) is 5.48. The van der Waals surface area contributed by atoms with Crippen LogP contribution in [0.1, 0.15) is 65.2 Å². The highest BCUT2D eigenvalue weighted by atomic mass is 16.5. The number of nitrogens with zero attached hydrogens (tertiary/aromatic N) is 1. The standard InChI is InChI=1S/C28H41N3O6/c1-3-5-7-16-29-26(34)24-28-15-14-21(37-28)22(23(28)27(35)31(24)17-8-6-9-18-32)25(33)30-19-10-12-20(13-11-19)36-4-2/h10-13,21-24,32H,3-9,14-18H2,1-2H3,(H,29,34)(H,30,33)/t21-,22+,23-,24?,28?/m0/s1. The number of carbonyl (C=O) groups excluding carboxylic acids is 3. The predicted octanol–water partition coefficient (Wildman–Crippen LogP) is 2.87. The minimum atomic E-state index is -0.978. The Hall–Kier alpha value is -2.65. The monoisotopic (exact) mass is 515 g/mol. The summed E-state index contributed by atoms with van der Waals surface area (Å²) in [4.78, 5) is 42.5. The fourth-order valence-corrected chi connectivity index (χ4v) is 6.28. The first-order valence-electron chi connectivity index (χ1n) is 13.9. The fraction of sp³-hybridized carbons (Fsp3) is 0.679. The second-order valence-electron chi connectivity index (χ2n) is 10.3. The van der Waals surface area contributed by atoms with E-state index in [1.165, 1.54) is 0 Å². The second-order valence-corrected chi connectivity index (χ2v) is 10.3. The van der Waals surface area contributed by atoms with Gasteiger partial charge in [-0.3, -0.25) is 14.4 Å². The van der Waals surface area contributed by atoms with Crippen LogP contribution < -0.4 is 15.4 Å². The van der Waals surface area contributed by atoms with Crippen molar-refractivity contribution >= 4 is 23.4 Å². The molecule has 37 heavy (non-hydrogen) atoms. The molecular weight excluding hydrogens is 474 g/mol. The maximum Gasteiger partial charge on any atom is 0.245 e. The third-order valence-electron chi connectivity index (χ3n) is 7.92. The van der Waals surface area contributed by atoms with Crippen molar-refractivity contribution in [2.24, 2.45) is 11.8 Å². The molecular formula is C28H41N3O6. The molecule has 3 heterocycles. The zero-order chi connectivity index (χ0) is 26.4. The summed E-state index contributed by atoms with van der Waals surface area (Å²) in [5.74, 6) is -1.23. The van der Waals surface area contributed by atoms with Crippen molar-refractivity contribution in [1.82, 2.24) is 10.2 Å². The molecule has 2 unspecified atom stereocenters. The smallest absolute Gasteiger partial charge is 0.245 e. The van der Waals surface area contributed by atoms with Crippen LogP contribution in [0.25, 0.3) is 0 Å². The van der Waals surface area contributed by atoms with Crippen molar-refractivity contribution in [2.45, 2.75) is 83.0 Å². The van der Waals surface area contributed by atoms with Crippen molar-refractivity contribution in [3.8, 4) is 5.75 Å². The third-order valence-corrected chi connectivity index (χ3v) is 7.92. The number of aliphatic hydroxyl groups excluding tert-OH is 1. The van der Waals surface area contributed by atoms with E-state index in [1.54, 1.807) is 29.2 Å². The Labute approximate surface area is 219 Å². The Balaban J connectivity index is 1.53. The minimum absolute atomic E-state index is 0.0977. The number of rotatable bonds is 14. The normalized spacial score (nSPS) is 27.9. The molecule has 0 saturated carbocycles. The number of nitrogens with one attached hydrogen (secondary N) is 2. The molecule has 4 rings (SSSR count). The van der Waals surface area contributed by atoms with Gasteiger partial charge in [-0.25, -0.2) is 0 Å². The number of ether oxygens (including phenoxy) is 2. The van der Waals surface area contributed by atoms with Crippen LogP contribution in [0.4, 0.5) is 5.69 Å². The lowest BCUT2D eigenvalue weighted by Crippen LogP contribution is -2.55. The predicted molar refractivity (Wildman–Crippen MR) is 139 cm³/mol. The zero-order valence-electron chi connectivity index (χ0n) is 22.0. The molecule has 0 radical (unpaired) electrons. The number of hydrogen-bond donors (Lipinski definition) is 3. The Bertz CT molecular complexity index is 954. The highest BCUT2D eigenvalue weighted by Crippen LogP contribution is 2.58. The van der Waals surface area contributed by atoms with E-state index >= 15 is 0 Å². The molecule has 9 heteroatoms. The molecule has 1 aromatic rings. The molecule has 204 valence electrons. The van der Waals surface area contributed by atoms with Gasteiger partial charge in [-0.1, -0.05) is 19.8 Å². The van der Waals surface area contributed by atoms with Crippen molar-refractivity contribution in [3.05, 3.63) is 24.3 Å². The summed E-state index contributed by atoms with van der Waals surface area (Å²) >= 11 is 0. The van der Waals surface area contributed by atoms with Crippen molar-refractivity contribution < 1.29 is 29.0 Å². The quantitative estimate of drug-likeness (QED) is 0.328. The zero-order valence-corrected chi connectivity index (χ0v) is 22.0. The van der Waals surface area contributed by atoms with E-state index in [1.807, 2.05) is 6.92 Å². The Morgan fingerprint density at radius 1 is 1.11 bits per heavy atom. The van der Waals surface area contributed by atoms with Crippen LogP contribution in [0.3, 0.4) is 0 Å². The number of amides is 3. The number of anilines is 1. The molecule has 5 atom stereocenters. The van der Waals surface area contributed by atoms with Crippen LogP contribution >= 0.6 is 0 Å². The summed E-state index contributed by atoms with van der Waals surface area (Å²) in [6, 6.07) is 6.41. The van der Waals surface area contributed by atoms with Gasteiger partial charge in [0.15, 0.2) is 0 Å². The molecule has 3 fully saturated rings. The lowest BCUT2D eigenvalue weighted by molar-refractivity contribution is -0.141. The van der Waals surface area contributed by atoms with E-state index < -0.39 is 23.5 Å². The number of fused-ring (bicyclic) bond motifs is 1. The number of benzene rings is 1. The summed E-state index contributed by atoms with van der Waals surface area (Å²) in [5, 5.41) is 15.1. The largest absolute Gasteiger partial charge is 0.494 e. The Morgan fingerprint density at radius 3 is 2.59 bits per heavy atom. The first-order valence-corrected chi connectivity index (χ1v) is 13.9. The summed E-state index contributed by atoms with van der Waals surface area (Å²) in [6.45, 7) is 5.64. The maximum absolute atomic E-state index is 13.8. The van der Waals surface area contributed by atoms with E-state index in [9.17, 15) is 14.4 Å². The lowest BCUT2D eigenvalue weighted by Gasteiger charge is -2.33. The first kappa shape index (κ1) is 27.4. The average molecular weight is 516 g/mol. The van der Waals surface area contributed by atoms with Gasteiger partial charge in [-0.15, -0.1) is 0 Å². The van der Waals surface area contributed by atoms with Gasteiger partial charge >= 0.3 is 0 Å². The Kier molecular flexibility index (Phi) is 9.08. The molecule has 3 amide bonds. The van der Waals surface area contributed by atoms with Crippen molar-refractivity contribution in [2.75, 3.05) is 31.6 Å². The first-order chi connectivity index (χ1) is 18.0. The van der Waals surface area contributed by atoms with Crippen LogP contribution in [-0.2, 0) is 19.1 Å². The number of aliphatic hydroxyl groups is 1. The van der Waals surface area contributed by atoms with Crippen LogP contribution in [-0.4, -0.2) is 71.8 Å². The molecule has 3 aliphatic heterocycles. The van der Waals surface area contributed by atoms with E-state index in [-0.39, 0.29) is 30.4 Å². The second kappa shape index (κ2) is 12.3. The molecule has 0 aromatic heterocycles. The van der Waals surface area contributed by atoms with Crippen LogP contribution in [0.2, 0.25) is 0 Å².